The van der Waals surface area contributed by atoms with Crippen molar-refractivity contribution >= 4 is 11.6 Å². The van der Waals surface area contributed by atoms with Crippen LogP contribution in [0, 0.1) is 0 Å². The third kappa shape index (κ3) is 4.62. The molecule has 4 nitrogen and oxygen atoms in total. The molecule has 0 saturated carbocycles. The largest absolute Gasteiger partial charge is 0.377 e. The Bertz CT molecular complexity index is 448. The second kappa shape index (κ2) is 7.41. The van der Waals surface area contributed by atoms with Gasteiger partial charge in [-0.05, 0) is 37.5 Å². The van der Waals surface area contributed by atoms with E-state index in [0.717, 1.165) is 38.2 Å². The Labute approximate surface area is 121 Å². The molecule has 1 atom stereocenters. The monoisotopic (exact) mass is 276 g/mol. The first-order valence-corrected chi connectivity index (χ1v) is 7.40. The van der Waals surface area contributed by atoms with E-state index in [1.54, 1.807) is 0 Å². The number of ether oxygens (including phenoxy) is 1. The Balaban J connectivity index is 1.87. The average molecular weight is 276 g/mol. The molecule has 0 bridgehead atoms. The fourth-order valence-electron chi connectivity index (χ4n) is 2.50. The zero-order chi connectivity index (χ0) is 14.4. The lowest BCUT2D eigenvalue weighted by Crippen LogP contribution is -2.37. The summed E-state index contributed by atoms with van der Waals surface area (Å²) in [5, 5.41) is 2.98. The van der Waals surface area contributed by atoms with Crippen molar-refractivity contribution in [2.45, 2.75) is 32.8 Å². The lowest BCUT2D eigenvalue weighted by molar-refractivity contribution is -0.117. The molecule has 1 aromatic carbocycles. The van der Waals surface area contributed by atoms with Crippen LogP contribution < -0.4 is 5.32 Å². The highest BCUT2D eigenvalue weighted by Crippen LogP contribution is 2.11. The van der Waals surface area contributed by atoms with E-state index in [1.165, 1.54) is 5.56 Å². The van der Waals surface area contributed by atoms with E-state index in [0.29, 0.717) is 6.54 Å². The number of benzene rings is 1. The van der Waals surface area contributed by atoms with E-state index >= 15 is 0 Å². The van der Waals surface area contributed by atoms with Crippen molar-refractivity contribution in [1.82, 2.24) is 4.90 Å². The minimum absolute atomic E-state index is 0.0485. The normalized spacial score (nSPS) is 20.4. The van der Waals surface area contributed by atoms with Crippen LogP contribution in [0.4, 0.5) is 5.69 Å². The Hall–Kier alpha value is -1.39. The molecule has 1 aliphatic heterocycles. The lowest BCUT2D eigenvalue weighted by atomic mass is 10.1. The minimum atomic E-state index is 0.0485. The maximum Gasteiger partial charge on any atom is 0.238 e. The summed E-state index contributed by atoms with van der Waals surface area (Å²) in [5.41, 5.74) is 2.12. The van der Waals surface area contributed by atoms with Crippen LogP contribution in [0.15, 0.2) is 24.3 Å². The molecule has 1 heterocycles. The Morgan fingerprint density at radius 2 is 2.35 bits per heavy atom. The van der Waals surface area contributed by atoms with Gasteiger partial charge in [-0.2, -0.15) is 0 Å². The first kappa shape index (κ1) is 15.0. The molecule has 1 saturated heterocycles. The third-order valence-electron chi connectivity index (χ3n) is 3.52. The second-order valence-corrected chi connectivity index (χ2v) is 5.37. The van der Waals surface area contributed by atoms with Gasteiger partial charge in [-0.25, -0.2) is 0 Å². The van der Waals surface area contributed by atoms with Gasteiger partial charge in [-0.1, -0.05) is 19.1 Å². The summed E-state index contributed by atoms with van der Waals surface area (Å²) in [6.07, 6.45) is 2.17. The summed E-state index contributed by atoms with van der Waals surface area (Å²) in [6.45, 7) is 7.14. The van der Waals surface area contributed by atoms with Crippen LogP contribution in [0.1, 0.15) is 25.8 Å². The molecule has 0 spiro atoms. The predicted molar refractivity (Wildman–Crippen MR) is 80.9 cm³/mol. The molecule has 1 fully saturated rings. The summed E-state index contributed by atoms with van der Waals surface area (Å²) in [4.78, 5) is 14.3. The molecular weight excluding hydrogens is 252 g/mol. The van der Waals surface area contributed by atoms with E-state index in [9.17, 15) is 4.79 Å². The topological polar surface area (TPSA) is 41.6 Å². The van der Waals surface area contributed by atoms with Gasteiger partial charge in [0.15, 0.2) is 0 Å². The number of anilines is 1. The van der Waals surface area contributed by atoms with E-state index in [2.05, 4.69) is 30.1 Å². The van der Waals surface area contributed by atoms with Gasteiger partial charge >= 0.3 is 0 Å². The fourth-order valence-corrected chi connectivity index (χ4v) is 2.50. The summed E-state index contributed by atoms with van der Waals surface area (Å²) >= 11 is 0. The van der Waals surface area contributed by atoms with Gasteiger partial charge in [-0.3, -0.25) is 9.69 Å². The van der Waals surface area contributed by atoms with Crippen LogP contribution in [0.2, 0.25) is 0 Å². The third-order valence-corrected chi connectivity index (χ3v) is 3.52. The Morgan fingerprint density at radius 3 is 3.15 bits per heavy atom. The van der Waals surface area contributed by atoms with E-state index < -0.39 is 0 Å². The molecule has 1 N–H and O–H groups in total. The molecule has 0 radical (unpaired) electrons. The van der Waals surface area contributed by atoms with Crippen LogP contribution >= 0.6 is 0 Å². The summed E-state index contributed by atoms with van der Waals surface area (Å²) in [5.74, 6) is 0.0485. The molecule has 1 amide bonds. The van der Waals surface area contributed by atoms with E-state index in [1.807, 2.05) is 18.2 Å². The molecular formula is C16H24N2O2. The van der Waals surface area contributed by atoms with Crippen LogP contribution in [0.5, 0.6) is 0 Å². The van der Waals surface area contributed by atoms with Crippen molar-refractivity contribution in [2.75, 3.05) is 31.6 Å². The smallest absolute Gasteiger partial charge is 0.238 e. The lowest BCUT2D eigenvalue weighted by Gasteiger charge is -2.21. The summed E-state index contributed by atoms with van der Waals surface area (Å²) in [6, 6.07) is 8.02. The molecule has 2 rings (SSSR count). The zero-order valence-electron chi connectivity index (χ0n) is 12.4. The average Bonchev–Trinajstić information content (AvgIpc) is 2.63. The number of nitrogens with zero attached hydrogens (tertiary/aromatic N) is 1. The molecule has 0 aromatic heterocycles. The number of amides is 1. The maximum atomic E-state index is 12.1. The molecule has 1 aliphatic rings. The standard InChI is InChI=1S/C16H24N2O2/c1-3-14-6-4-7-15(10-14)17-16(19)12-18-8-5-9-20-13(2)11-18/h4,6-7,10,13H,3,5,8-9,11-12H2,1-2H3,(H,17,19)/t13-/m0/s1. The molecule has 1 aromatic rings. The minimum Gasteiger partial charge on any atom is -0.377 e. The first-order valence-electron chi connectivity index (χ1n) is 7.40. The second-order valence-electron chi connectivity index (χ2n) is 5.37. The predicted octanol–water partition coefficient (Wildman–Crippen LogP) is 2.30. The van der Waals surface area contributed by atoms with Gasteiger partial charge < -0.3 is 10.1 Å². The van der Waals surface area contributed by atoms with Crippen molar-refractivity contribution in [3.63, 3.8) is 0 Å². The fraction of sp³-hybridized carbons (Fsp3) is 0.562. The molecule has 0 unspecified atom stereocenters. The van der Waals surface area contributed by atoms with Crippen molar-refractivity contribution in [3.05, 3.63) is 29.8 Å². The highest BCUT2D eigenvalue weighted by atomic mass is 16.5. The number of carbonyl (C=O) groups excluding carboxylic acids is 1. The van der Waals surface area contributed by atoms with Crippen molar-refractivity contribution < 1.29 is 9.53 Å². The van der Waals surface area contributed by atoms with Gasteiger partial charge in [0, 0.05) is 25.4 Å². The number of aryl methyl sites for hydroxylation is 1. The molecule has 0 aliphatic carbocycles. The number of rotatable bonds is 4. The van der Waals surface area contributed by atoms with Crippen molar-refractivity contribution in [3.8, 4) is 0 Å². The highest BCUT2D eigenvalue weighted by Gasteiger charge is 2.17. The highest BCUT2D eigenvalue weighted by molar-refractivity contribution is 5.92. The van der Waals surface area contributed by atoms with Crippen molar-refractivity contribution in [2.24, 2.45) is 0 Å². The molecule has 4 heteroatoms. The molecule has 20 heavy (non-hydrogen) atoms. The van der Waals surface area contributed by atoms with E-state index in [-0.39, 0.29) is 12.0 Å². The Morgan fingerprint density at radius 1 is 1.50 bits per heavy atom. The number of carbonyl (C=O) groups is 1. The van der Waals surface area contributed by atoms with Gasteiger partial charge in [0.1, 0.15) is 0 Å². The molecule has 110 valence electrons. The first-order chi connectivity index (χ1) is 9.67. The quantitative estimate of drug-likeness (QED) is 0.917. The number of nitrogens with one attached hydrogen (secondary N) is 1. The number of hydrogen-bond acceptors (Lipinski definition) is 3. The van der Waals surface area contributed by atoms with Crippen LogP contribution in [-0.2, 0) is 16.0 Å². The van der Waals surface area contributed by atoms with Crippen LogP contribution in [-0.4, -0.2) is 43.2 Å². The maximum absolute atomic E-state index is 12.1. The van der Waals surface area contributed by atoms with E-state index in [4.69, 9.17) is 4.74 Å². The zero-order valence-corrected chi connectivity index (χ0v) is 12.4. The SMILES string of the molecule is CCc1cccc(NC(=O)CN2CCCO[C@@H](C)C2)c1. The van der Waals surface area contributed by atoms with Crippen LogP contribution in [0.3, 0.4) is 0 Å². The number of hydrogen-bond donors (Lipinski definition) is 1. The summed E-state index contributed by atoms with van der Waals surface area (Å²) < 4.78 is 5.59. The Kier molecular flexibility index (Phi) is 5.56. The van der Waals surface area contributed by atoms with Gasteiger partial charge in [-0.15, -0.1) is 0 Å². The van der Waals surface area contributed by atoms with Crippen molar-refractivity contribution in [1.29, 1.82) is 0 Å². The van der Waals surface area contributed by atoms with Gasteiger partial charge in [0.2, 0.25) is 5.91 Å². The van der Waals surface area contributed by atoms with Gasteiger partial charge in [0.05, 0.1) is 12.6 Å². The van der Waals surface area contributed by atoms with Crippen LogP contribution in [0.25, 0.3) is 0 Å². The van der Waals surface area contributed by atoms with Gasteiger partial charge in [0.25, 0.3) is 0 Å². The summed E-state index contributed by atoms with van der Waals surface area (Å²) in [7, 11) is 0.